The number of hydrogen-bond donors (Lipinski definition) is 2. The molecule has 2 aromatic carbocycles. The second-order valence-corrected chi connectivity index (χ2v) is 10.2. The summed E-state index contributed by atoms with van der Waals surface area (Å²) in [7, 11) is 0. The highest BCUT2D eigenvalue weighted by atomic mass is 19.1. The van der Waals surface area contributed by atoms with Crippen LogP contribution in [0.2, 0.25) is 0 Å². The van der Waals surface area contributed by atoms with E-state index in [2.05, 4.69) is 5.32 Å². The lowest BCUT2D eigenvalue weighted by molar-refractivity contribution is -0.156. The van der Waals surface area contributed by atoms with E-state index < -0.39 is 18.1 Å². The van der Waals surface area contributed by atoms with Gasteiger partial charge in [0.2, 0.25) is 17.7 Å². The van der Waals surface area contributed by atoms with Crippen LogP contribution in [0.1, 0.15) is 50.3 Å². The molecule has 3 atom stereocenters. The molecule has 7 nitrogen and oxygen atoms in total. The summed E-state index contributed by atoms with van der Waals surface area (Å²) in [5, 5.41) is 2.96. The van der Waals surface area contributed by atoms with Crippen LogP contribution >= 0.6 is 0 Å². The molecule has 200 valence electrons. The fourth-order valence-corrected chi connectivity index (χ4v) is 4.78. The molecule has 0 aromatic heterocycles. The number of piperazine rings is 1. The number of hydrogen-bond acceptors (Lipinski definition) is 4. The maximum atomic E-state index is 13.8. The van der Waals surface area contributed by atoms with E-state index in [0.29, 0.717) is 25.8 Å². The van der Waals surface area contributed by atoms with Crippen molar-refractivity contribution in [2.75, 3.05) is 13.1 Å². The van der Waals surface area contributed by atoms with Gasteiger partial charge in [0.15, 0.2) is 0 Å². The molecule has 1 saturated heterocycles. The van der Waals surface area contributed by atoms with Crippen LogP contribution in [0.5, 0.6) is 0 Å². The van der Waals surface area contributed by atoms with Gasteiger partial charge in [-0.25, -0.2) is 4.39 Å². The van der Waals surface area contributed by atoms with Crippen LogP contribution in [-0.2, 0) is 27.2 Å². The summed E-state index contributed by atoms with van der Waals surface area (Å²) in [4.78, 5) is 43.6. The van der Waals surface area contributed by atoms with Gasteiger partial charge in [-0.3, -0.25) is 14.4 Å². The predicted molar refractivity (Wildman–Crippen MR) is 142 cm³/mol. The first-order valence-electron chi connectivity index (χ1n) is 13.1. The average molecular weight is 511 g/mol. The minimum atomic E-state index is -0.850. The molecule has 0 aliphatic carbocycles. The first-order valence-corrected chi connectivity index (χ1v) is 13.1. The number of halogens is 1. The lowest BCUT2D eigenvalue weighted by atomic mass is 9.97. The summed E-state index contributed by atoms with van der Waals surface area (Å²) in [5.41, 5.74) is 9.10. The van der Waals surface area contributed by atoms with Crippen molar-refractivity contribution in [2.24, 2.45) is 5.73 Å². The molecule has 37 heavy (non-hydrogen) atoms. The highest BCUT2D eigenvalue weighted by molar-refractivity contribution is 5.94. The van der Waals surface area contributed by atoms with E-state index in [-0.39, 0.29) is 42.5 Å². The van der Waals surface area contributed by atoms with Crippen molar-refractivity contribution >= 4 is 17.7 Å². The van der Waals surface area contributed by atoms with E-state index in [1.165, 1.54) is 12.1 Å². The lowest BCUT2D eigenvalue weighted by Crippen LogP contribution is -2.65. The van der Waals surface area contributed by atoms with Crippen molar-refractivity contribution < 1.29 is 18.8 Å². The van der Waals surface area contributed by atoms with Crippen molar-refractivity contribution in [1.82, 2.24) is 15.1 Å². The van der Waals surface area contributed by atoms with Crippen molar-refractivity contribution in [2.45, 2.75) is 77.5 Å². The van der Waals surface area contributed by atoms with Crippen molar-refractivity contribution in [3.63, 3.8) is 0 Å². The monoisotopic (exact) mass is 510 g/mol. The molecule has 3 amide bonds. The van der Waals surface area contributed by atoms with Crippen molar-refractivity contribution in [1.29, 1.82) is 0 Å². The van der Waals surface area contributed by atoms with Crippen LogP contribution in [-0.4, -0.2) is 64.8 Å². The van der Waals surface area contributed by atoms with Crippen LogP contribution in [0, 0.1) is 12.7 Å². The zero-order valence-electron chi connectivity index (χ0n) is 22.2. The molecule has 2 unspecified atom stereocenters. The Labute approximate surface area is 219 Å². The molecular formula is C29H39FN4O3. The van der Waals surface area contributed by atoms with Crippen LogP contribution in [0.4, 0.5) is 4.39 Å². The molecule has 0 bridgehead atoms. The quantitative estimate of drug-likeness (QED) is 0.514. The fourth-order valence-electron chi connectivity index (χ4n) is 4.78. The van der Waals surface area contributed by atoms with Gasteiger partial charge in [-0.1, -0.05) is 55.3 Å². The molecule has 1 aliphatic heterocycles. The Bertz CT molecular complexity index is 1070. The van der Waals surface area contributed by atoms with Crippen LogP contribution in [0.15, 0.2) is 48.5 Å². The van der Waals surface area contributed by atoms with Gasteiger partial charge in [0, 0.05) is 25.6 Å². The summed E-state index contributed by atoms with van der Waals surface area (Å²) in [6.45, 7) is 8.29. The molecule has 2 aromatic rings. The van der Waals surface area contributed by atoms with Gasteiger partial charge in [0.25, 0.3) is 0 Å². The van der Waals surface area contributed by atoms with E-state index in [1.54, 1.807) is 21.9 Å². The summed E-state index contributed by atoms with van der Waals surface area (Å²) in [6, 6.07) is 11.6. The zero-order valence-corrected chi connectivity index (χ0v) is 22.2. The summed E-state index contributed by atoms with van der Waals surface area (Å²) >= 11 is 0. The SMILES string of the molecule is CCC[C@@H]1C(=O)N(C(Cc2ccc(C)cc2)C(=O)NC(C)C)CCN1C(=O)C(N)Cc1ccc(F)cc1. The van der Waals surface area contributed by atoms with Crippen LogP contribution in [0.25, 0.3) is 0 Å². The number of rotatable bonds is 10. The Morgan fingerprint density at radius 3 is 2.22 bits per heavy atom. The van der Waals surface area contributed by atoms with E-state index >= 15 is 0 Å². The second kappa shape index (κ2) is 12.8. The van der Waals surface area contributed by atoms with Crippen LogP contribution < -0.4 is 11.1 Å². The number of nitrogens with zero attached hydrogens (tertiary/aromatic N) is 2. The largest absolute Gasteiger partial charge is 0.352 e. The molecule has 1 fully saturated rings. The summed E-state index contributed by atoms with van der Waals surface area (Å²) in [6.07, 6.45) is 1.82. The minimum Gasteiger partial charge on any atom is -0.352 e. The molecule has 3 rings (SSSR count). The number of carbonyl (C=O) groups is 3. The van der Waals surface area contributed by atoms with Gasteiger partial charge >= 0.3 is 0 Å². The van der Waals surface area contributed by atoms with E-state index in [1.807, 2.05) is 52.0 Å². The molecule has 0 spiro atoms. The van der Waals surface area contributed by atoms with Crippen molar-refractivity contribution in [3.8, 4) is 0 Å². The third-order valence-electron chi connectivity index (χ3n) is 6.72. The standard InChI is InChI=1S/C29H39FN4O3/c1-5-6-25-29(37)34(26(27(35)32-19(2)3)18-22-9-7-20(4)8-10-22)16-15-33(25)28(36)24(31)17-21-11-13-23(30)14-12-21/h7-14,19,24-26H,5-6,15-18,31H2,1-4H3,(H,32,35)/t24?,25-,26?/m1/s1. The first kappa shape index (κ1) is 28.3. The molecular weight excluding hydrogens is 471 g/mol. The third kappa shape index (κ3) is 7.38. The second-order valence-electron chi connectivity index (χ2n) is 10.2. The normalized spacial score (nSPS) is 17.6. The number of benzene rings is 2. The minimum absolute atomic E-state index is 0.0677. The Morgan fingerprint density at radius 2 is 1.62 bits per heavy atom. The molecule has 8 heteroatoms. The first-order chi connectivity index (χ1) is 17.6. The van der Waals surface area contributed by atoms with Gasteiger partial charge in [0.05, 0.1) is 6.04 Å². The van der Waals surface area contributed by atoms with E-state index in [4.69, 9.17) is 5.73 Å². The molecule has 0 saturated carbocycles. The van der Waals surface area contributed by atoms with Gasteiger partial charge < -0.3 is 20.9 Å². The van der Waals surface area contributed by atoms with Gasteiger partial charge in [-0.15, -0.1) is 0 Å². The maximum Gasteiger partial charge on any atom is 0.246 e. The summed E-state index contributed by atoms with van der Waals surface area (Å²) < 4.78 is 13.3. The highest BCUT2D eigenvalue weighted by Gasteiger charge is 2.42. The highest BCUT2D eigenvalue weighted by Crippen LogP contribution is 2.22. The Balaban J connectivity index is 1.81. The maximum absolute atomic E-state index is 13.8. The molecule has 1 heterocycles. The predicted octanol–water partition coefficient (Wildman–Crippen LogP) is 2.98. The fraction of sp³-hybridized carbons (Fsp3) is 0.483. The molecule has 3 N–H and O–H groups in total. The number of carbonyl (C=O) groups excluding carboxylic acids is 3. The number of amides is 3. The van der Waals surface area contributed by atoms with Gasteiger partial charge in [-0.05, 0) is 56.9 Å². The lowest BCUT2D eigenvalue weighted by Gasteiger charge is -2.44. The zero-order chi connectivity index (χ0) is 27.1. The molecule has 0 radical (unpaired) electrons. The molecule has 1 aliphatic rings. The van der Waals surface area contributed by atoms with Gasteiger partial charge in [-0.2, -0.15) is 0 Å². The smallest absolute Gasteiger partial charge is 0.246 e. The Hall–Kier alpha value is -3.26. The number of aryl methyl sites for hydroxylation is 1. The third-order valence-corrected chi connectivity index (χ3v) is 6.72. The van der Waals surface area contributed by atoms with E-state index in [9.17, 15) is 18.8 Å². The number of nitrogens with one attached hydrogen (secondary N) is 1. The van der Waals surface area contributed by atoms with Crippen LogP contribution in [0.3, 0.4) is 0 Å². The van der Waals surface area contributed by atoms with Crippen molar-refractivity contribution in [3.05, 3.63) is 71.0 Å². The average Bonchev–Trinajstić information content (AvgIpc) is 2.85. The Kier molecular flexibility index (Phi) is 9.80. The van der Waals surface area contributed by atoms with E-state index in [0.717, 1.165) is 16.7 Å². The number of nitrogens with two attached hydrogens (primary N) is 1. The Morgan fingerprint density at radius 1 is 1.03 bits per heavy atom. The topological polar surface area (TPSA) is 95.7 Å². The van der Waals surface area contributed by atoms with Gasteiger partial charge in [0.1, 0.15) is 17.9 Å². The summed E-state index contributed by atoms with van der Waals surface area (Å²) in [5.74, 6) is -1.09.